The third-order valence-electron chi connectivity index (χ3n) is 7.53. The second-order valence-corrected chi connectivity index (χ2v) is 12.5. The molecule has 38 heavy (non-hydrogen) atoms. The minimum atomic E-state index is -4.62. The summed E-state index contributed by atoms with van der Waals surface area (Å²) in [6.07, 6.45) is -1.30. The number of hydrogen-bond acceptors (Lipinski definition) is 5. The zero-order valence-corrected chi connectivity index (χ0v) is 22.7. The molecule has 200 valence electrons. The van der Waals surface area contributed by atoms with Crippen LogP contribution in [0.3, 0.4) is 0 Å². The van der Waals surface area contributed by atoms with Crippen molar-refractivity contribution in [1.82, 2.24) is 4.57 Å². The normalized spacial score (nSPS) is 19.7. The van der Waals surface area contributed by atoms with E-state index in [0.717, 1.165) is 30.2 Å². The van der Waals surface area contributed by atoms with Gasteiger partial charge in [-0.1, -0.05) is 55.8 Å². The molecule has 2 aromatic carbocycles. The van der Waals surface area contributed by atoms with E-state index >= 15 is 0 Å². The third-order valence-corrected chi connectivity index (χ3v) is 8.79. The first kappa shape index (κ1) is 26.7. The zero-order valence-electron chi connectivity index (χ0n) is 21.1. The fraction of sp³-hybridized carbons (Fsp3) is 0.393. The first-order valence-corrected chi connectivity index (χ1v) is 13.5. The molecule has 1 aromatic heterocycles. The Morgan fingerprint density at radius 1 is 1.16 bits per heavy atom. The maximum absolute atomic E-state index is 13.9. The molecule has 0 radical (unpaired) electrons. The van der Waals surface area contributed by atoms with Crippen LogP contribution in [0.5, 0.6) is 5.88 Å². The van der Waals surface area contributed by atoms with Crippen LogP contribution >= 0.6 is 22.9 Å². The lowest BCUT2D eigenvalue weighted by Crippen LogP contribution is -2.37. The van der Waals surface area contributed by atoms with Crippen molar-refractivity contribution in [3.05, 3.63) is 83.2 Å². The number of aromatic hydroxyl groups is 1. The molecule has 3 aromatic rings. The van der Waals surface area contributed by atoms with E-state index in [1.807, 2.05) is 0 Å². The number of nitrogens with zero attached hydrogens (tertiary/aromatic N) is 3. The monoisotopic (exact) mass is 561 g/mol. The molecule has 1 aliphatic carbocycles. The fourth-order valence-electron chi connectivity index (χ4n) is 5.17. The number of alkyl halides is 3. The lowest BCUT2D eigenvalue weighted by atomic mass is 9.63. The summed E-state index contributed by atoms with van der Waals surface area (Å²) in [7, 11) is 0. The number of hydrogen-bond donors (Lipinski definition) is 1. The average molecular weight is 562 g/mol. The van der Waals surface area contributed by atoms with Crippen molar-refractivity contribution in [2.75, 3.05) is 0 Å². The molecule has 1 aliphatic heterocycles. The van der Waals surface area contributed by atoms with Crippen molar-refractivity contribution < 1.29 is 18.3 Å². The maximum Gasteiger partial charge on any atom is 0.416 e. The van der Waals surface area contributed by atoms with Gasteiger partial charge in [0.1, 0.15) is 0 Å². The molecule has 0 spiro atoms. The van der Waals surface area contributed by atoms with Crippen LogP contribution in [0.25, 0.3) is 5.57 Å². The molecule has 1 N–H and O–H groups in total. The Hall–Kier alpha value is -2.91. The summed E-state index contributed by atoms with van der Waals surface area (Å²) in [4.78, 5) is 13.0. The van der Waals surface area contributed by atoms with E-state index < -0.39 is 11.7 Å². The largest absolute Gasteiger partial charge is 0.493 e. The second-order valence-electron chi connectivity index (χ2n) is 11.1. The molecule has 1 fully saturated rings. The molecule has 2 heterocycles. The van der Waals surface area contributed by atoms with Crippen LogP contribution in [0.1, 0.15) is 55.2 Å². The molecule has 0 amide bonds. The van der Waals surface area contributed by atoms with Crippen molar-refractivity contribution in [1.29, 1.82) is 0 Å². The summed E-state index contributed by atoms with van der Waals surface area (Å²) < 4.78 is 43.1. The predicted octanol–water partition coefficient (Wildman–Crippen LogP) is 5.77. The van der Waals surface area contributed by atoms with Crippen LogP contribution in [0, 0.1) is 17.3 Å². The molecule has 2 aliphatic rings. The minimum absolute atomic E-state index is 0.00503. The Balaban J connectivity index is 1.60. The van der Waals surface area contributed by atoms with Gasteiger partial charge in [0.05, 0.1) is 22.0 Å². The van der Waals surface area contributed by atoms with Gasteiger partial charge in [0, 0.05) is 23.6 Å². The molecule has 0 atom stereocenters. The lowest BCUT2D eigenvalue weighted by molar-refractivity contribution is -0.138. The zero-order chi connectivity index (χ0) is 27.4. The minimum Gasteiger partial charge on any atom is -0.493 e. The van der Waals surface area contributed by atoms with Crippen LogP contribution in [-0.4, -0.2) is 15.9 Å². The van der Waals surface area contributed by atoms with Crippen LogP contribution < -0.4 is 15.4 Å². The van der Waals surface area contributed by atoms with E-state index in [-0.39, 0.29) is 44.0 Å². The van der Waals surface area contributed by atoms with Crippen LogP contribution in [0.4, 0.5) is 13.2 Å². The molecule has 0 bridgehead atoms. The van der Waals surface area contributed by atoms with Gasteiger partial charge in [-0.25, -0.2) is 0 Å². The van der Waals surface area contributed by atoms with E-state index in [2.05, 4.69) is 31.0 Å². The van der Waals surface area contributed by atoms with Gasteiger partial charge in [-0.05, 0) is 70.7 Å². The lowest BCUT2D eigenvalue weighted by Gasteiger charge is -2.43. The average Bonchev–Trinajstić information content (AvgIpc) is 3.37. The Kier molecular flexibility index (Phi) is 6.80. The number of thiazole rings is 1. The Morgan fingerprint density at radius 3 is 2.58 bits per heavy atom. The summed E-state index contributed by atoms with van der Waals surface area (Å²) in [6.45, 7) is 6.97. The molecular weight excluding hydrogens is 535 g/mol. The van der Waals surface area contributed by atoms with Crippen molar-refractivity contribution in [3.63, 3.8) is 0 Å². The number of aromatic nitrogens is 1. The van der Waals surface area contributed by atoms with Gasteiger partial charge >= 0.3 is 11.0 Å². The predicted molar refractivity (Wildman–Crippen MR) is 143 cm³/mol. The highest BCUT2D eigenvalue weighted by Gasteiger charge is 2.38. The first-order valence-electron chi connectivity index (χ1n) is 12.3. The summed E-state index contributed by atoms with van der Waals surface area (Å²) in [5.41, 5.74) is 0.452. The summed E-state index contributed by atoms with van der Waals surface area (Å²) in [5.74, 6) is 0.602. The molecular formula is C28H27ClF3N3O2S. The summed E-state index contributed by atoms with van der Waals surface area (Å²) in [5, 5.41) is 20.4. The van der Waals surface area contributed by atoms with Gasteiger partial charge in [-0.3, -0.25) is 9.36 Å². The standard InChI is InChI=1S/C28H27ClF3N3O2S/c1-27(2,3)19-8-15(9-19)14-35-25(36)24(38-26(35)37)21(16-5-7-23-18(10-16)13-33-34-23)11-17-4-6-20(29)12-22(17)28(30,31)32/h4-7,10,12-13,15,19,36H,8-9,11,14H2,1-3H3. The van der Waals surface area contributed by atoms with Gasteiger partial charge < -0.3 is 5.11 Å². The molecule has 1 saturated carbocycles. The molecule has 0 saturated heterocycles. The number of rotatable bonds is 5. The SMILES string of the molecule is CC(C)(C)C1CC(Cn2c(O)c(C(Cc3ccc(Cl)cc3C(F)(F)F)=c3ccc4c(c3)C=NN=4)sc2=O)C1. The highest BCUT2D eigenvalue weighted by Crippen LogP contribution is 2.46. The molecule has 0 unspecified atom stereocenters. The van der Waals surface area contributed by atoms with Gasteiger partial charge in [0.2, 0.25) is 5.88 Å². The summed E-state index contributed by atoms with van der Waals surface area (Å²) >= 11 is 6.75. The van der Waals surface area contributed by atoms with Crippen molar-refractivity contribution in [2.24, 2.45) is 27.5 Å². The van der Waals surface area contributed by atoms with Crippen LogP contribution in [0.2, 0.25) is 5.02 Å². The third kappa shape index (κ3) is 5.18. The van der Waals surface area contributed by atoms with Gasteiger partial charge in [-0.15, -0.1) is 0 Å². The van der Waals surface area contributed by atoms with Crippen LogP contribution in [0.15, 0.2) is 51.4 Å². The maximum atomic E-state index is 13.9. The Morgan fingerprint density at radius 2 is 1.89 bits per heavy atom. The fourth-order valence-corrected chi connectivity index (χ4v) is 6.30. The second kappa shape index (κ2) is 9.68. The van der Waals surface area contributed by atoms with E-state index in [4.69, 9.17) is 11.6 Å². The smallest absolute Gasteiger partial charge is 0.416 e. The van der Waals surface area contributed by atoms with Crippen molar-refractivity contribution in [3.8, 4) is 5.88 Å². The number of fused-ring (bicyclic) bond motifs is 1. The van der Waals surface area contributed by atoms with Gasteiger partial charge in [-0.2, -0.15) is 23.4 Å². The van der Waals surface area contributed by atoms with Crippen LogP contribution in [-0.2, 0) is 19.1 Å². The molecule has 5 nitrogen and oxygen atoms in total. The molecule has 5 rings (SSSR count). The van der Waals surface area contributed by atoms with Gasteiger partial charge in [0.25, 0.3) is 0 Å². The van der Waals surface area contributed by atoms with E-state index in [1.165, 1.54) is 16.7 Å². The van der Waals surface area contributed by atoms with Gasteiger partial charge in [0.15, 0.2) is 0 Å². The van der Waals surface area contributed by atoms with E-state index in [0.29, 0.717) is 34.2 Å². The quantitative estimate of drug-likeness (QED) is 0.430. The van der Waals surface area contributed by atoms with Crippen molar-refractivity contribution in [2.45, 2.75) is 52.8 Å². The Bertz CT molecular complexity index is 1610. The molecule has 10 heteroatoms. The van der Waals surface area contributed by atoms with Crippen molar-refractivity contribution >= 4 is 34.7 Å². The first-order chi connectivity index (χ1) is 17.8. The number of halogens is 4. The Labute approximate surface area is 226 Å². The summed E-state index contributed by atoms with van der Waals surface area (Å²) in [6, 6.07) is 8.87. The number of benzene rings is 2. The topological polar surface area (TPSA) is 66.9 Å². The van der Waals surface area contributed by atoms with E-state index in [9.17, 15) is 23.1 Å². The highest BCUT2D eigenvalue weighted by atomic mass is 35.5. The van der Waals surface area contributed by atoms with E-state index in [1.54, 1.807) is 24.4 Å². The highest BCUT2D eigenvalue weighted by molar-refractivity contribution is 7.10.